The molecule has 2 heterocycles. The van der Waals surface area contributed by atoms with Crippen LogP contribution in [0.15, 0.2) is 59.1 Å². The van der Waals surface area contributed by atoms with Gasteiger partial charge in [-0.1, -0.05) is 35.1 Å². The van der Waals surface area contributed by atoms with Crippen LogP contribution in [0.2, 0.25) is 5.02 Å². The lowest BCUT2D eigenvalue weighted by molar-refractivity contribution is 0.483. The summed E-state index contributed by atoms with van der Waals surface area (Å²) < 4.78 is 29.6. The van der Waals surface area contributed by atoms with Gasteiger partial charge < -0.3 is 4.74 Å². The normalized spacial score (nSPS) is 11.8. The second-order valence-corrected chi connectivity index (χ2v) is 8.42. The van der Waals surface area contributed by atoms with Crippen molar-refractivity contribution in [2.24, 2.45) is 5.14 Å². The van der Waals surface area contributed by atoms with Gasteiger partial charge in [0.2, 0.25) is 9.30 Å². The van der Waals surface area contributed by atoms with Gasteiger partial charge in [-0.3, -0.25) is 0 Å². The summed E-state index contributed by atoms with van der Waals surface area (Å²) in [5.41, 5.74) is 1.50. The first-order valence-corrected chi connectivity index (χ1v) is 10.1. The molecule has 0 bridgehead atoms. The van der Waals surface area contributed by atoms with E-state index in [1.165, 1.54) is 4.52 Å². The molecule has 2 N–H and O–H groups in total. The van der Waals surface area contributed by atoms with Gasteiger partial charge in [-0.15, -0.1) is 5.10 Å². The molecular weight excluding hydrogens is 396 g/mol. The molecule has 0 saturated carbocycles. The second-order valence-electron chi connectivity index (χ2n) is 5.32. The minimum absolute atomic E-state index is 0.171. The molecule has 0 spiro atoms. The van der Waals surface area contributed by atoms with Crippen LogP contribution in [-0.4, -0.2) is 23.0 Å². The van der Waals surface area contributed by atoms with E-state index in [1.807, 2.05) is 24.3 Å². The number of halogens is 1. The number of para-hydroxylation sites is 1. The van der Waals surface area contributed by atoms with E-state index in [0.717, 1.165) is 16.9 Å². The zero-order valence-electron chi connectivity index (χ0n) is 13.0. The van der Waals surface area contributed by atoms with Crippen molar-refractivity contribution in [1.29, 1.82) is 0 Å². The molecule has 0 aliphatic carbocycles. The number of ether oxygens (including phenoxy) is 1. The fourth-order valence-electron chi connectivity index (χ4n) is 2.28. The van der Waals surface area contributed by atoms with Gasteiger partial charge in [0.05, 0.1) is 16.9 Å². The molecule has 0 aliphatic rings. The number of rotatable bonds is 4. The number of primary sulfonamides is 1. The Kier molecular flexibility index (Phi) is 4.16. The number of imidazole rings is 1. The van der Waals surface area contributed by atoms with Gasteiger partial charge >= 0.3 is 0 Å². The highest BCUT2D eigenvalue weighted by atomic mass is 35.5. The van der Waals surface area contributed by atoms with Gasteiger partial charge in [-0.25, -0.2) is 23.1 Å². The van der Waals surface area contributed by atoms with Crippen LogP contribution in [0.5, 0.6) is 11.5 Å². The number of fused-ring (bicyclic) bond motifs is 1. The van der Waals surface area contributed by atoms with Crippen LogP contribution < -0.4 is 9.88 Å². The van der Waals surface area contributed by atoms with Crippen molar-refractivity contribution in [3.05, 3.63) is 59.8 Å². The number of sulfonamides is 1. The number of nitrogens with zero attached hydrogens (tertiary/aromatic N) is 3. The smallest absolute Gasteiger partial charge is 0.267 e. The Morgan fingerprint density at radius 2 is 1.85 bits per heavy atom. The standard InChI is InChI=1S/C16H11ClN4O3S2/c17-12-3-1-2-4-14(12)24-11-7-5-10(6-8-11)13-9-21-15(19-13)25-16(20-21)26(18,22)23/h1-9H,(H2,18,22,23). The quantitative estimate of drug-likeness (QED) is 0.558. The van der Waals surface area contributed by atoms with E-state index in [-0.39, 0.29) is 4.34 Å². The summed E-state index contributed by atoms with van der Waals surface area (Å²) in [7, 11) is -3.83. The predicted molar refractivity (Wildman–Crippen MR) is 99.2 cm³/mol. The third-order valence-corrected chi connectivity index (χ3v) is 6.03. The van der Waals surface area contributed by atoms with E-state index >= 15 is 0 Å². The van der Waals surface area contributed by atoms with Gasteiger partial charge in [-0.05, 0) is 36.4 Å². The van der Waals surface area contributed by atoms with Crippen molar-refractivity contribution < 1.29 is 13.2 Å². The minimum atomic E-state index is -3.83. The lowest BCUT2D eigenvalue weighted by Crippen LogP contribution is -2.12. The van der Waals surface area contributed by atoms with E-state index in [9.17, 15) is 8.42 Å². The molecule has 7 nitrogen and oxygen atoms in total. The molecule has 0 atom stereocenters. The van der Waals surface area contributed by atoms with Crippen LogP contribution >= 0.6 is 22.9 Å². The van der Waals surface area contributed by atoms with Crippen LogP contribution in [0.25, 0.3) is 16.2 Å². The zero-order valence-corrected chi connectivity index (χ0v) is 15.4. The first-order valence-electron chi connectivity index (χ1n) is 7.32. The number of aromatic nitrogens is 3. The van der Waals surface area contributed by atoms with E-state index in [2.05, 4.69) is 10.1 Å². The predicted octanol–water partition coefficient (Wildman–Crippen LogP) is 3.55. The van der Waals surface area contributed by atoms with Gasteiger partial charge in [0, 0.05) is 5.56 Å². The van der Waals surface area contributed by atoms with Gasteiger partial charge in [0.15, 0.2) is 0 Å². The average Bonchev–Trinajstić information content (AvgIpc) is 3.16. The monoisotopic (exact) mass is 406 g/mol. The Bertz CT molecular complexity index is 1170. The summed E-state index contributed by atoms with van der Waals surface area (Å²) in [5, 5.41) is 9.54. The maximum absolute atomic E-state index is 11.3. The first-order chi connectivity index (χ1) is 12.4. The lowest BCUT2D eigenvalue weighted by Gasteiger charge is -2.07. The van der Waals surface area contributed by atoms with Crippen molar-refractivity contribution in [1.82, 2.24) is 14.6 Å². The molecule has 0 saturated heterocycles. The van der Waals surface area contributed by atoms with E-state index < -0.39 is 10.0 Å². The molecule has 0 fully saturated rings. The number of hydrogen-bond donors (Lipinski definition) is 1. The Labute approximate surface area is 157 Å². The summed E-state index contributed by atoms with van der Waals surface area (Å²) >= 11 is 7.00. The number of hydrogen-bond acceptors (Lipinski definition) is 6. The van der Waals surface area contributed by atoms with Gasteiger partial charge in [0.25, 0.3) is 10.0 Å². The molecule has 2 aromatic carbocycles. The van der Waals surface area contributed by atoms with Gasteiger partial charge in [0.1, 0.15) is 11.5 Å². The molecule has 4 rings (SSSR count). The van der Waals surface area contributed by atoms with Crippen LogP contribution in [0.4, 0.5) is 0 Å². The lowest BCUT2D eigenvalue weighted by atomic mass is 10.2. The van der Waals surface area contributed by atoms with E-state index in [1.54, 1.807) is 30.5 Å². The third-order valence-electron chi connectivity index (χ3n) is 3.48. The maximum Gasteiger partial charge on any atom is 0.267 e. The Hall–Kier alpha value is -2.46. The van der Waals surface area contributed by atoms with Crippen LogP contribution in [0, 0.1) is 0 Å². The fourth-order valence-corrected chi connectivity index (χ4v) is 3.96. The van der Waals surface area contributed by atoms with Crippen molar-refractivity contribution >= 4 is 37.9 Å². The van der Waals surface area contributed by atoms with Crippen molar-refractivity contribution in [3.63, 3.8) is 0 Å². The molecule has 0 amide bonds. The van der Waals surface area contributed by atoms with Crippen LogP contribution in [0.1, 0.15) is 0 Å². The third kappa shape index (κ3) is 3.29. The Morgan fingerprint density at radius 3 is 2.50 bits per heavy atom. The summed E-state index contributed by atoms with van der Waals surface area (Å²) in [6, 6.07) is 14.5. The van der Waals surface area contributed by atoms with Gasteiger partial charge in [-0.2, -0.15) is 0 Å². The summed E-state index contributed by atoms with van der Waals surface area (Å²) in [6.45, 7) is 0. The number of benzene rings is 2. The molecule has 0 aliphatic heterocycles. The zero-order chi connectivity index (χ0) is 18.3. The summed E-state index contributed by atoms with van der Waals surface area (Å²) in [6.07, 6.45) is 1.64. The first kappa shape index (κ1) is 17.0. The fraction of sp³-hybridized carbons (Fsp3) is 0. The highest BCUT2D eigenvalue weighted by Crippen LogP contribution is 2.30. The maximum atomic E-state index is 11.3. The molecule has 4 aromatic rings. The Balaban J connectivity index is 1.59. The van der Waals surface area contributed by atoms with Crippen molar-refractivity contribution in [2.75, 3.05) is 0 Å². The minimum Gasteiger partial charge on any atom is -0.456 e. The van der Waals surface area contributed by atoms with E-state index in [0.29, 0.717) is 27.2 Å². The van der Waals surface area contributed by atoms with Crippen LogP contribution in [-0.2, 0) is 10.0 Å². The second kappa shape index (κ2) is 6.36. The topological polar surface area (TPSA) is 99.6 Å². The van der Waals surface area contributed by atoms with Crippen molar-refractivity contribution in [3.8, 4) is 22.8 Å². The molecule has 132 valence electrons. The highest BCUT2D eigenvalue weighted by molar-refractivity contribution is 7.91. The summed E-state index contributed by atoms with van der Waals surface area (Å²) in [4.78, 5) is 4.83. The Morgan fingerprint density at radius 1 is 1.12 bits per heavy atom. The molecule has 0 radical (unpaired) electrons. The molecule has 0 unspecified atom stereocenters. The summed E-state index contributed by atoms with van der Waals surface area (Å²) in [5.74, 6) is 1.21. The van der Waals surface area contributed by atoms with E-state index in [4.69, 9.17) is 21.5 Å². The van der Waals surface area contributed by atoms with Crippen molar-refractivity contribution in [2.45, 2.75) is 4.34 Å². The highest BCUT2D eigenvalue weighted by Gasteiger charge is 2.17. The largest absolute Gasteiger partial charge is 0.456 e. The molecule has 26 heavy (non-hydrogen) atoms. The SMILES string of the molecule is NS(=O)(=O)c1nn2cc(-c3ccc(Oc4ccccc4Cl)cc3)nc2s1. The molecule has 2 aromatic heterocycles. The number of nitrogens with two attached hydrogens (primary N) is 1. The van der Waals surface area contributed by atoms with Crippen LogP contribution in [0.3, 0.4) is 0 Å². The molecule has 10 heteroatoms. The molecular formula is C16H11ClN4O3S2. The average molecular weight is 407 g/mol.